The maximum Gasteiger partial charge on any atom is 0.272 e. The molecule has 1 aromatic rings. The van der Waals surface area contributed by atoms with Crippen molar-refractivity contribution in [1.29, 1.82) is 0 Å². The fourth-order valence-electron chi connectivity index (χ4n) is 3.86. The van der Waals surface area contributed by atoms with Crippen molar-refractivity contribution in [2.24, 2.45) is 7.05 Å². The minimum Gasteiger partial charge on any atom is -0.389 e. The summed E-state index contributed by atoms with van der Waals surface area (Å²) in [6, 6.07) is 1.43. The largest absolute Gasteiger partial charge is 0.389 e. The number of aliphatic hydroxyl groups excluding tert-OH is 1. The van der Waals surface area contributed by atoms with Crippen molar-refractivity contribution in [3.63, 3.8) is 0 Å². The third kappa shape index (κ3) is 4.01. The van der Waals surface area contributed by atoms with Gasteiger partial charge in [0.15, 0.2) is 0 Å². The smallest absolute Gasteiger partial charge is 0.272 e. The topological polar surface area (TPSA) is 90.7 Å². The van der Waals surface area contributed by atoms with Crippen molar-refractivity contribution >= 4 is 11.8 Å². The Kier molecular flexibility index (Phi) is 5.39. The van der Waals surface area contributed by atoms with Crippen molar-refractivity contribution in [3.8, 4) is 0 Å². The molecule has 1 aromatic heterocycles. The predicted molar refractivity (Wildman–Crippen MR) is 91.9 cm³/mol. The number of aliphatic hydroxyl groups is 1. The molecule has 1 aliphatic heterocycles. The number of carbonyl (C=O) groups is 2. The summed E-state index contributed by atoms with van der Waals surface area (Å²) in [7, 11) is 1.77. The van der Waals surface area contributed by atoms with E-state index in [4.69, 9.17) is 0 Å². The molecular weight excluding hydrogens is 322 g/mol. The Balaban J connectivity index is 1.58. The molecule has 2 heterocycles. The molecule has 1 saturated carbocycles. The van der Waals surface area contributed by atoms with Gasteiger partial charge in [0.1, 0.15) is 5.69 Å². The standard InChI is InChI=1S/C17H27N5O3/c1-12(23)21-8-10-22(11-9-21)15-5-3-4-13(16(15)24)18-17(25)14-6-7-20(2)19-14/h6-7,13,15-16,24H,3-5,8-11H2,1-2H3,(H,18,25)/t13-,15-,16-/m1/s1. The summed E-state index contributed by atoms with van der Waals surface area (Å²) >= 11 is 0. The molecule has 3 rings (SSSR count). The number of rotatable bonds is 3. The molecule has 0 aromatic carbocycles. The van der Waals surface area contributed by atoms with Crippen LogP contribution < -0.4 is 5.32 Å². The van der Waals surface area contributed by atoms with Crippen LogP contribution in [0.25, 0.3) is 0 Å². The highest BCUT2D eigenvalue weighted by Gasteiger charge is 2.37. The summed E-state index contributed by atoms with van der Waals surface area (Å²) in [6.45, 7) is 4.52. The molecule has 2 amide bonds. The molecule has 2 aliphatic rings. The Morgan fingerprint density at radius 2 is 1.96 bits per heavy atom. The summed E-state index contributed by atoms with van der Waals surface area (Å²) in [4.78, 5) is 27.9. The first kappa shape index (κ1) is 17.9. The van der Waals surface area contributed by atoms with Crippen LogP contribution in [0, 0.1) is 0 Å². The van der Waals surface area contributed by atoms with Crippen LogP contribution >= 0.6 is 0 Å². The number of hydrogen-bond acceptors (Lipinski definition) is 5. The predicted octanol–water partition coefficient (Wildman–Crippen LogP) is -0.404. The van der Waals surface area contributed by atoms with Crippen LogP contribution in [-0.4, -0.2) is 80.9 Å². The normalized spacial score (nSPS) is 28.0. The number of nitrogens with one attached hydrogen (secondary N) is 1. The SMILES string of the molecule is CC(=O)N1CCN([C@@H]2CCC[C@@H](NC(=O)c3ccn(C)n3)[C@H]2O)CC1. The molecule has 138 valence electrons. The van der Waals surface area contributed by atoms with Crippen LogP contribution in [0.3, 0.4) is 0 Å². The highest BCUT2D eigenvalue weighted by molar-refractivity contribution is 5.92. The summed E-state index contributed by atoms with van der Waals surface area (Å²) in [5.74, 6) is -0.143. The number of aryl methyl sites for hydroxylation is 1. The lowest BCUT2D eigenvalue weighted by Crippen LogP contribution is -2.60. The van der Waals surface area contributed by atoms with Crippen molar-refractivity contribution < 1.29 is 14.7 Å². The summed E-state index contributed by atoms with van der Waals surface area (Å²) in [5.41, 5.74) is 0.367. The monoisotopic (exact) mass is 349 g/mol. The fraction of sp³-hybridized carbons (Fsp3) is 0.706. The van der Waals surface area contributed by atoms with E-state index >= 15 is 0 Å². The number of aromatic nitrogens is 2. The van der Waals surface area contributed by atoms with Crippen LogP contribution in [-0.2, 0) is 11.8 Å². The molecule has 2 N–H and O–H groups in total. The second-order valence-corrected chi connectivity index (χ2v) is 6.99. The van der Waals surface area contributed by atoms with Gasteiger partial charge in [0, 0.05) is 52.4 Å². The minimum atomic E-state index is -0.606. The molecule has 1 aliphatic carbocycles. The first-order valence-corrected chi connectivity index (χ1v) is 8.94. The Morgan fingerprint density at radius 1 is 1.24 bits per heavy atom. The second kappa shape index (κ2) is 7.53. The van der Waals surface area contributed by atoms with Gasteiger partial charge in [-0.3, -0.25) is 19.2 Å². The molecule has 0 bridgehead atoms. The Labute approximate surface area is 147 Å². The van der Waals surface area contributed by atoms with E-state index in [1.807, 2.05) is 4.90 Å². The van der Waals surface area contributed by atoms with Crippen LogP contribution in [0.5, 0.6) is 0 Å². The number of nitrogens with zero attached hydrogens (tertiary/aromatic N) is 4. The minimum absolute atomic E-state index is 0.0249. The van der Waals surface area contributed by atoms with Gasteiger partial charge >= 0.3 is 0 Å². The van der Waals surface area contributed by atoms with Crippen LogP contribution in [0.15, 0.2) is 12.3 Å². The van der Waals surface area contributed by atoms with E-state index in [1.165, 1.54) is 0 Å². The first-order valence-electron chi connectivity index (χ1n) is 8.94. The van der Waals surface area contributed by atoms with Gasteiger partial charge in [0.05, 0.1) is 12.1 Å². The van der Waals surface area contributed by atoms with Gasteiger partial charge in [0.25, 0.3) is 5.91 Å². The number of amides is 2. The van der Waals surface area contributed by atoms with Crippen LogP contribution in [0.2, 0.25) is 0 Å². The zero-order valence-electron chi connectivity index (χ0n) is 14.9. The fourth-order valence-corrected chi connectivity index (χ4v) is 3.86. The van der Waals surface area contributed by atoms with E-state index in [2.05, 4.69) is 15.3 Å². The van der Waals surface area contributed by atoms with E-state index in [-0.39, 0.29) is 23.9 Å². The number of piperazine rings is 1. The van der Waals surface area contributed by atoms with E-state index in [1.54, 1.807) is 30.9 Å². The molecule has 8 heteroatoms. The van der Waals surface area contributed by atoms with Crippen molar-refractivity contribution in [3.05, 3.63) is 18.0 Å². The Bertz CT molecular complexity index is 624. The van der Waals surface area contributed by atoms with Gasteiger partial charge in [-0.1, -0.05) is 0 Å². The third-order valence-corrected chi connectivity index (χ3v) is 5.31. The van der Waals surface area contributed by atoms with Crippen molar-refractivity contribution in [2.45, 2.75) is 44.4 Å². The highest BCUT2D eigenvalue weighted by atomic mass is 16.3. The zero-order valence-corrected chi connectivity index (χ0v) is 14.9. The molecule has 0 unspecified atom stereocenters. The molecule has 3 atom stereocenters. The Hall–Kier alpha value is -1.93. The van der Waals surface area contributed by atoms with Gasteiger partial charge < -0.3 is 15.3 Å². The number of carbonyl (C=O) groups excluding carboxylic acids is 2. The maximum atomic E-state index is 12.3. The molecule has 0 radical (unpaired) electrons. The van der Waals surface area contributed by atoms with Gasteiger partial charge in [-0.05, 0) is 25.3 Å². The molecule has 2 fully saturated rings. The molecular formula is C17H27N5O3. The lowest BCUT2D eigenvalue weighted by molar-refractivity contribution is -0.131. The van der Waals surface area contributed by atoms with E-state index in [0.717, 1.165) is 32.4 Å². The lowest BCUT2D eigenvalue weighted by Gasteiger charge is -2.44. The van der Waals surface area contributed by atoms with Crippen molar-refractivity contribution in [2.75, 3.05) is 26.2 Å². The molecule has 8 nitrogen and oxygen atoms in total. The molecule has 1 saturated heterocycles. The summed E-state index contributed by atoms with van der Waals surface area (Å²) in [5, 5.41) is 17.8. The summed E-state index contributed by atoms with van der Waals surface area (Å²) < 4.78 is 1.59. The van der Waals surface area contributed by atoms with Gasteiger partial charge in [-0.15, -0.1) is 0 Å². The van der Waals surface area contributed by atoms with Gasteiger partial charge in [-0.25, -0.2) is 0 Å². The zero-order chi connectivity index (χ0) is 18.0. The average molecular weight is 349 g/mol. The highest BCUT2D eigenvalue weighted by Crippen LogP contribution is 2.25. The third-order valence-electron chi connectivity index (χ3n) is 5.31. The van der Waals surface area contributed by atoms with Gasteiger partial charge in [0.2, 0.25) is 5.91 Å². The summed E-state index contributed by atoms with van der Waals surface area (Å²) in [6.07, 6.45) is 3.76. The van der Waals surface area contributed by atoms with E-state index < -0.39 is 6.10 Å². The molecule has 0 spiro atoms. The lowest BCUT2D eigenvalue weighted by atomic mass is 9.86. The van der Waals surface area contributed by atoms with Gasteiger partial charge in [-0.2, -0.15) is 5.10 Å². The van der Waals surface area contributed by atoms with Crippen LogP contribution in [0.4, 0.5) is 0 Å². The first-order chi connectivity index (χ1) is 12.0. The molecule has 25 heavy (non-hydrogen) atoms. The average Bonchev–Trinajstić information content (AvgIpc) is 3.03. The maximum absolute atomic E-state index is 12.3. The van der Waals surface area contributed by atoms with Crippen LogP contribution in [0.1, 0.15) is 36.7 Å². The van der Waals surface area contributed by atoms with E-state index in [9.17, 15) is 14.7 Å². The Morgan fingerprint density at radius 3 is 2.56 bits per heavy atom. The van der Waals surface area contributed by atoms with Crippen molar-refractivity contribution in [1.82, 2.24) is 24.9 Å². The number of hydrogen-bond donors (Lipinski definition) is 2. The second-order valence-electron chi connectivity index (χ2n) is 6.99. The quantitative estimate of drug-likeness (QED) is 0.775. The van der Waals surface area contributed by atoms with E-state index in [0.29, 0.717) is 18.8 Å².